The van der Waals surface area contributed by atoms with Crippen LogP contribution >= 0.6 is 48.0 Å². The van der Waals surface area contributed by atoms with Crippen molar-refractivity contribution in [2.45, 2.75) is 100 Å². The fourth-order valence-corrected chi connectivity index (χ4v) is 11.6. The van der Waals surface area contributed by atoms with Crippen molar-refractivity contribution >= 4 is 89.6 Å². The largest absolute Gasteiger partial charge is 0.352 e. The quantitative estimate of drug-likeness (QED) is 0.150. The predicted octanol–water partition coefficient (Wildman–Crippen LogP) is 10.3. The molecule has 8 nitrogen and oxygen atoms in total. The normalized spacial score (nSPS) is 19.8. The van der Waals surface area contributed by atoms with Gasteiger partial charge in [-0.2, -0.15) is 0 Å². The van der Waals surface area contributed by atoms with E-state index in [0.717, 1.165) is 56.6 Å². The Balaban J connectivity index is 0.989. The number of nitrogens with one attached hydrogen (secondary N) is 2. The summed E-state index contributed by atoms with van der Waals surface area (Å²) >= 11 is 14.1. The van der Waals surface area contributed by atoms with Crippen molar-refractivity contribution in [3.63, 3.8) is 0 Å². The Labute approximate surface area is 356 Å². The van der Waals surface area contributed by atoms with Gasteiger partial charge in [-0.05, 0) is 137 Å². The smallest absolute Gasteiger partial charge is 0.234 e. The summed E-state index contributed by atoms with van der Waals surface area (Å²) in [5, 5.41) is 5.90. The number of thioether (sulfide) groups is 2. The lowest BCUT2D eigenvalue weighted by Crippen LogP contribution is -2.45. The molecule has 0 unspecified atom stereocenters. The number of carbonyl (C=O) groups is 2. The summed E-state index contributed by atoms with van der Waals surface area (Å²) in [5.41, 5.74) is 4.88. The zero-order chi connectivity index (χ0) is 40.7. The number of hydrogen-bond acceptors (Lipinski definition) is 8. The molecule has 2 N–H and O–H groups in total. The number of sulfone groups is 1. The minimum Gasteiger partial charge on any atom is -0.352 e. The highest BCUT2D eigenvalue weighted by molar-refractivity contribution is 8.23. The summed E-state index contributed by atoms with van der Waals surface area (Å²) in [6.45, 7) is 8.77. The van der Waals surface area contributed by atoms with Gasteiger partial charge in [-0.3, -0.25) is 9.59 Å². The predicted molar refractivity (Wildman–Crippen MR) is 246 cm³/mol. The Morgan fingerprint density at radius 1 is 0.544 bits per heavy atom. The number of likely N-dealkylation sites (tertiary alicyclic amines) is 2. The fourth-order valence-electron chi connectivity index (χ4n) is 7.64. The highest BCUT2D eigenvalue weighted by Crippen LogP contribution is 2.31. The van der Waals surface area contributed by atoms with E-state index < -0.39 is 9.84 Å². The molecule has 0 spiro atoms. The topological polar surface area (TPSA) is 98.8 Å². The Kier molecular flexibility index (Phi) is 14.5. The number of hydrogen-bond donors (Lipinski definition) is 2. The lowest BCUT2D eigenvalue weighted by atomic mass is 9.99. The summed E-state index contributed by atoms with van der Waals surface area (Å²) in [7, 11) is -3.75. The maximum Gasteiger partial charge on any atom is 0.234 e. The summed E-state index contributed by atoms with van der Waals surface area (Å²) in [6.07, 6.45) is 6.89. The minimum absolute atomic E-state index is 0.113. The first-order valence-corrected chi connectivity index (χ1v) is 23.7. The summed E-state index contributed by atoms with van der Waals surface area (Å²) < 4.78 is 28.7. The molecule has 0 aromatic heterocycles. The van der Waals surface area contributed by atoms with Gasteiger partial charge >= 0.3 is 0 Å². The van der Waals surface area contributed by atoms with Crippen LogP contribution in [0, 0.1) is 0 Å². The molecular formula is C44H50N4O4S5. The minimum atomic E-state index is -3.75. The molecule has 4 atom stereocenters. The van der Waals surface area contributed by atoms with Crippen molar-refractivity contribution < 1.29 is 18.0 Å². The molecule has 2 heterocycles. The van der Waals surface area contributed by atoms with Crippen LogP contribution in [0.25, 0.3) is 22.3 Å². The first-order valence-electron chi connectivity index (χ1n) is 19.5. The first kappa shape index (κ1) is 42.8. The first-order chi connectivity index (χ1) is 27.3. The van der Waals surface area contributed by atoms with E-state index in [1.807, 2.05) is 48.5 Å². The van der Waals surface area contributed by atoms with E-state index in [0.29, 0.717) is 35.5 Å². The average Bonchev–Trinajstić information content (AvgIpc) is 3.20. The van der Waals surface area contributed by atoms with Crippen LogP contribution in [-0.2, 0) is 19.4 Å². The number of anilines is 2. The number of thiocarbonyl (C=S) groups is 2. The second-order valence-electron chi connectivity index (χ2n) is 15.0. The van der Waals surface area contributed by atoms with E-state index in [9.17, 15) is 18.0 Å². The lowest BCUT2D eigenvalue weighted by molar-refractivity contribution is -0.114. The summed E-state index contributed by atoms with van der Waals surface area (Å²) in [4.78, 5) is 30.3. The van der Waals surface area contributed by atoms with E-state index in [4.69, 9.17) is 24.4 Å². The number of carbonyl (C=O) groups excluding carboxylic acids is 2. The molecule has 0 radical (unpaired) electrons. The Hall–Kier alpha value is -3.75. The standard InChI is InChI=1S/C44H50N4O4S5/c1-29-7-5-8-30(2)47(29)43(53)55-27-41(49)45-37-19-11-33(12-20-37)35-15-23-39(24-16-35)57(51,52)40-25-17-36(18-26-40)34-13-21-38(22-14-34)46-42(50)28-56-44(54)48-31(3)9-6-10-32(48)4/h11-26,29-32H,5-10,27-28H2,1-4H3,(H,45,49)(H,46,50)/t29-,30-,31-,32+/m1/s1. The van der Waals surface area contributed by atoms with E-state index in [1.54, 1.807) is 48.5 Å². The van der Waals surface area contributed by atoms with Crippen LogP contribution in [0.4, 0.5) is 11.4 Å². The van der Waals surface area contributed by atoms with Crippen LogP contribution < -0.4 is 10.6 Å². The number of nitrogens with zero attached hydrogens (tertiary/aromatic N) is 2. The van der Waals surface area contributed by atoms with Gasteiger partial charge in [-0.1, -0.05) is 96.5 Å². The number of piperidine rings is 2. The van der Waals surface area contributed by atoms with Gasteiger partial charge in [0.2, 0.25) is 21.7 Å². The molecule has 2 aliphatic rings. The molecule has 0 bridgehead atoms. The van der Waals surface area contributed by atoms with Gasteiger partial charge < -0.3 is 20.4 Å². The van der Waals surface area contributed by atoms with Crippen LogP contribution in [0.5, 0.6) is 0 Å². The van der Waals surface area contributed by atoms with Gasteiger partial charge in [0.05, 0.1) is 21.3 Å². The molecule has 2 aliphatic heterocycles. The van der Waals surface area contributed by atoms with E-state index >= 15 is 0 Å². The van der Waals surface area contributed by atoms with Gasteiger partial charge in [-0.15, -0.1) is 0 Å². The Morgan fingerprint density at radius 3 is 1.12 bits per heavy atom. The van der Waals surface area contributed by atoms with Gasteiger partial charge in [0.15, 0.2) is 0 Å². The molecule has 2 amide bonds. The third-order valence-electron chi connectivity index (χ3n) is 10.8. The zero-order valence-electron chi connectivity index (χ0n) is 32.8. The van der Waals surface area contributed by atoms with Crippen LogP contribution in [0.3, 0.4) is 0 Å². The second-order valence-corrected chi connectivity index (χ2v) is 20.2. The molecule has 2 fully saturated rings. The molecule has 13 heteroatoms. The van der Waals surface area contributed by atoms with Gasteiger partial charge in [-0.25, -0.2) is 8.42 Å². The molecule has 2 saturated heterocycles. The van der Waals surface area contributed by atoms with Crippen LogP contribution in [0.2, 0.25) is 0 Å². The molecule has 4 aromatic carbocycles. The van der Waals surface area contributed by atoms with Crippen molar-refractivity contribution in [1.82, 2.24) is 9.80 Å². The maximum atomic E-state index is 13.6. The van der Waals surface area contributed by atoms with E-state index in [1.165, 1.54) is 36.4 Å². The Bertz CT molecular complexity index is 1990. The van der Waals surface area contributed by atoms with Crippen molar-refractivity contribution in [2.24, 2.45) is 0 Å². The van der Waals surface area contributed by atoms with Crippen molar-refractivity contribution in [2.75, 3.05) is 22.1 Å². The summed E-state index contributed by atoms with van der Waals surface area (Å²) in [6, 6.07) is 30.2. The maximum absolute atomic E-state index is 13.6. The molecule has 0 saturated carbocycles. The van der Waals surface area contributed by atoms with Crippen LogP contribution in [0.1, 0.15) is 66.2 Å². The van der Waals surface area contributed by atoms with Gasteiger partial charge in [0, 0.05) is 35.5 Å². The molecule has 300 valence electrons. The van der Waals surface area contributed by atoms with Gasteiger partial charge in [0.1, 0.15) is 8.64 Å². The molecular weight excluding hydrogens is 809 g/mol. The number of amides is 2. The molecule has 57 heavy (non-hydrogen) atoms. The van der Waals surface area contributed by atoms with Crippen LogP contribution in [0.15, 0.2) is 107 Å². The van der Waals surface area contributed by atoms with E-state index in [2.05, 4.69) is 48.1 Å². The van der Waals surface area contributed by atoms with Crippen molar-refractivity contribution in [3.8, 4) is 22.3 Å². The third-order valence-corrected chi connectivity index (χ3v) is 15.4. The van der Waals surface area contributed by atoms with Crippen LogP contribution in [-0.4, -0.2) is 74.3 Å². The number of rotatable bonds is 10. The fraction of sp³-hybridized carbons (Fsp3) is 0.364. The lowest BCUT2D eigenvalue weighted by Gasteiger charge is -2.40. The van der Waals surface area contributed by atoms with Crippen molar-refractivity contribution in [1.29, 1.82) is 0 Å². The third kappa shape index (κ3) is 10.9. The highest BCUT2D eigenvalue weighted by Gasteiger charge is 2.28. The molecule has 6 rings (SSSR count). The summed E-state index contributed by atoms with van der Waals surface area (Å²) in [5.74, 6) is 0.268. The molecule has 4 aromatic rings. The van der Waals surface area contributed by atoms with E-state index in [-0.39, 0.29) is 33.1 Å². The van der Waals surface area contributed by atoms with Crippen molar-refractivity contribution in [3.05, 3.63) is 97.1 Å². The zero-order valence-corrected chi connectivity index (χ0v) is 36.9. The Morgan fingerprint density at radius 2 is 0.825 bits per heavy atom. The SMILES string of the molecule is C[C@@H]1CCC[C@@H](C)N1C(=S)SCC(=O)Nc1ccc(-c2ccc(S(=O)(=O)c3ccc(-c4ccc(NC(=O)CSC(=S)N5[C@H](C)CCC[C@@H]5C)cc4)cc3)cc2)cc1. The molecule has 0 aliphatic carbocycles. The second kappa shape index (κ2) is 19.3. The highest BCUT2D eigenvalue weighted by atomic mass is 32.2. The average molecular weight is 859 g/mol. The van der Waals surface area contributed by atoms with Gasteiger partial charge in [0.25, 0.3) is 0 Å². The number of benzene rings is 4. The monoisotopic (exact) mass is 858 g/mol.